The number of carboxylic acid groups (broad SMARTS) is 1. The maximum Gasteiger partial charge on any atom is 0.367 e. The standard InChI is InChI=1S/C11H11F2NO2/c1-14(2)8-5-3-7(4-6-8)9(12)10(13)11(15)16/h3-6H,1-2H3,(H,15,16)/b10-9+. The topological polar surface area (TPSA) is 40.5 Å². The Morgan fingerprint density at radius 3 is 2.06 bits per heavy atom. The summed E-state index contributed by atoms with van der Waals surface area (Å²) in [5.74, 6) is -5.05. The van der Waals surface area contributed by atoms with Gasteiger partial charge in [-0.15, -0.1) is 0 Å². The van der Waals surface area contributed by atoms with Crippen LogP contribution in [0.5, 0.6) is 0 Å². The highest BCUT2D eigenvalue weighted by Crippen LogP contribution is 2.23. The van der Waals surface area contributed by atoms with Crippen LogP contribution in [0.1, 0.15) is 5.56 Å². The first-order chi connectivity index (χ1) is 7.43. The molecule has 1 rings (SSSR count). The van der Waals surface area contributed by atoms with Crippen molar-refractivity contribution in [3.63, 3.8) is 0 Å². The minimum absolute atomic E-state index is 0.0921. The van der Waals surface area contributed by atoms with Crippen LogP contribution < -0.4 is 4.90 Å². The lowest BCUT2D eigenvalue weighted by Gasteiger charge is -2.12. The summed E-state index contributed by atoms with van der Waals surface area (Å²) < 4.78 is 26.0. The number of benzene rings is 1. The highest BCUT2D eigenvalue weighted by Gasteiger charge is 2.15. The number of carboxylic acids is 1. The van der Waals surface area contributed by atoms with E-state index in [0.717, 1.165) is 5.69 Å². The quantitative estimate of drug-likeness (QED) is 0.806. The fourth-order valence-corrected chi connectivity index (χ4v) is 1.13. The summed E-state index contributed by atoms with van der Waals surface area (Å²) in [5.41, 5.74) is 0.720. The molecule has 0 fully saturated rings. The van der Waals surface area contributed by atoms with E-state index in [4.69, 9.17) is 5.11 Å². The monoisotopic (exact) mass is 227 g/mol. The summed E-state index contributed by atoms with van der Waals surface area (Å²) in [6, 6.07) is 5.80. The largest absolute Gasteiger partial charge is 0.476 e. The average Bonchev–Trinajstić information content (AvgIpc) is 2.27. The van der Waals surface area contributed by atoms with Gasteiger partial charge in [-0.1, -0.05) is 0 Å². The molecule has 0 heterocycles. The summed E-state index contributed by atoms with van der Waals surface area (Å²) in [6.45, 7) is 0. The number of anilines is 1. The molecule has 0 aliphatic rings. The Hall–Kier alpha value is -1.91. The first kappa shape index (κ1) is 12.2. The van der Waals surface area contributed by atoms with Crippen LogP contribution in [0.3, 0.4) is 0 Å². The lowest BCUT2D eigenvalue weighted by molar-refractivity contribution is -0.134. The summed E-state index contributed by atoms with van der Waals surface area (Å²) in [7, 11) is 3.61. The summed E-state index contributed by atoms with van der Waals surface area (Å²) >= 11 is 0. The van der Waals surface area contributed by atoms with Crippen LogP contribution in [0.25, 0.3) is 5.83 Å². The van der Waals surface area contributed by atoms with Crippen LogP contribution in [0.15, 0.2) is 30.1 Å². The van der Waals surface area contributed by atoms with Gasteiger partial charge in [0, 0.05) is 25.3 Å². The van der Waals surface area contributed by atoms with Crippen LogP contribution >= 0.6 is 0 Å². The van der Waals surface area contributed by atoms with E-state index in [-0.39, 0.29) is 5.56 Å². The molecule has 0 amide bonds. The minimum Gasteiger partial charge on any atom is -0.476 e. The first-order valence-electron chi connectivity index (χ1n) is 4.50. The predicted molar refractivity (Wildman–Crippen MR) is 57.5 cm³/mol. The third-order valence-electron chi connectivity index (χ3n) is 2.02. The van der Waals surface area contributed by atoms with E-state index in [9.17, 15) is 13.6 Å². The number of hydrogen-bond acceptors (Lipinski definition) is 2. The van der Waals surface area contributed by atoms with Crippen LogP contribution in [0.2, 0.25) is 0 Å². The number of carbonyl (C=O) groups is 1. The Morgan fingerprint density at radius 2 is 1.69 bits per heavy atom. The normalized spacial score (nSPS) is 12.0. The molecule has 1 N–H and O–H groups in total. The van der Waals surface area contributed by atoms with Gasteiger partial charge in [0.05, 0.1) is 0 Å². The van der Waals surface area contributed by atoms with Gasteiger partial charge in [0.1, 0.15) is 0 Å². The van der Waals surface area contributed by atoms with E-state index >= 15 is 0 Å². The van der Waals surface area contributed by atoms with Crippen molar-refractivity contribution in [2.75, 3.05) is 19.0 Å². The molecule has 0 bridgehead atoms. The van der Waals surface area contributed by atoms with Gasteiger partial charge < -0.3 is 10.0 Å². The molecule has 16 heavy (non-hydrogen) atoms. The van der Waals surface area contributed by atoms with Gasteiger partial charge >= 0.3 is 5.97 Å². The van der Waals surface area contributed by atoms with Crippen molar-refractivity contribution < 1.29 is 18.7 Å². The zero-order chi connectivity index (χ0) is 12.3. The van der Waals surface area contributed by atoms with E-state index in [2.05, 4.69) is 0 Å². The lowest BCUT2D eigenvalue weighted by atomic mass is 10.1. The van der Waals surface area contributed by atoms with Gasteiger partial charge in [-0.25, -0.2) is 9.18 Å². The van der Waals surface area contributed by atoms with Crippen molar-refractivity contribution in [2.45, 2.75) is 0 Å². The van der Waals surface area contributed by atoms with Crippen LogP contribution in [-0.2, 0) is 4.79 Å². The molecule has 0 saturated heterocycles. The summed E-state index contributed by atoms with van der Waals surface area (Å²) in [6.07, 6.45) is 0. The van der Waals surface area contributed by atoms with E-state index in [1.807, 2.05) is 0 Å². The van der Waals surface area contributed by atoms with Crippen LogP contribution in [0, 0.1) is 0 Å². The Bertz CT molecular complexity index is 424. The SMILES string of the molecule is CN(C)c1ccc(/C(F)=C(\F)C(=O)O)cc1. The molecule has 1 aromatic carbocycles. The number of rotatable bonds is 3. The summed E-state index contributed by atoms with van der Waals surface area (Å²) in [4.78, 5) is 12.0. The van der Waals surface area contributed by atoms with Gasteiger partial charge in [-0.05, 0) is 24.3 Å². The molecule has 0 saturated carbocycles. The van der Waals surface area contributed by atoms with Gasteiger partial charge in [0.2, 0.25) is 5.83 Å². The van der Waals surface area contributed by atoms with Crippen molar-refractivity contribution in [3.05, 3.63) is 35.7 Å². The zero-order valence-electron chi connectivity index (χ0n) is 8.87. The molecule has 3 nitrogen and oxygen atoms in total. The molecule has 0 aliphatic carbocycles. The average molecular weight is 227 g/mol. The molecule has 0 aromatic heterocycles. The van der Waals surface area contributed by atoms with Crippen molar-refractivity contribution >= 4 is 17.5 Å². The molecule has 0 unspecified atom stereocenters. The third-order valence-corrected chi connectivity index (χ3v) is 2.02. The molecule has 86 valence electrons. The molecule has 0 radical (unpaired) electrons. The van der Waals surface area contributed by atoms with Crippen molar-refractivity contribution in [3.8, 4) is 0 Å². The van der Waals surface area contributed by atoms with E-state index < -0.39 is 17.6 Å². The number of hydrogen-bond donors (Lipinski definition) is 1. The van der Waals surface area contributed by atoms with E-state index in [0.29, 0.717) is 0 Å². The van der Waals surface area contributed by atoms with E-state index in [1.165, 1.54) is 12.1 Å². The second-order valence-corrected chi connectivity index (χ2v) is 3.37. The molecule has 0 aliphatic heterocycles. The molecule has 1 aromatic rings. The second kappa shape index (κ2) is 4.74. The molecular weight excluding hydrogens is 216 g/mol. The molecule has 0 atom stereocenters. The third kappa shape index (κ3) is 2.56. The minimum atomic E-state index is -1.91. The fraction of sp³-hybridized carbons (Fsp3) is 0.182. The maximum atomic E-state index is 13.2. The zero-order valence-corrected chi connectivity index (χ0v) is 8.87. The highest BCUT2D eigenvalue weighted by molar-refractivity contribution is 5.92. The number of aliphatic carboxylic acids is 1. The smallest absolute Gasteiger partial charge is 0.367 e. The van der Waals surface area contributed by atoms with Gasteiger partial charge in [0.15, 0.2) is 5.83 Å². The second-order valence-electron chi connectivity index (χ2n) is 3.37. The van der Waals surface area contributed by atoms with Crippen LogP contribution in [0.4, 0.5) is 14.5 Å². The maximum absolute atomic E-state index is 13.2. The highest BCUT2D eigenvalue weighted by atomic mass is 19.2. The Balaban J connectivity index is 3.07. The molecule has 5 heteroatoms. The molecule has 0 spiro atoms. The van der Waals surface area contributed by atoms with Crippen molar-refractivity contribution in [2.24, 2.45) is 0 Å². The lowest BCUT2D eigenvalue weighted by Crippen LogP contribution is -2.08. The fourth-order valence-electron chi connectivity index (χ4n) is 1.13. The van der Waals surface area contributed by atoms with Crippen molar-refractivity contribution in [1.82, 2.24) is 0 Å². The Kier molecular flexibility index (Phi) is 3.60. The summed E-state index contributed by atoms with van der Waals surface area (Å²) in [5, 5.41) is 8.28. The predicted octanol–water partition coefficient (Wildman–Crippen LogP) is 2.44. The van der Waals surface area contributed by atoms with Gasteiger partial charge in [-0.2, -0.15) is 4.39 Å². The molecular formula is C11H11F2NO2. The van der Waals surface area contributed by atoms with Crippen molar-refractivity contribution in [1.29, 1.82) is 0 Å². The number of nitrogens with zero attached hydrogens (tertiary/aromatic N) is 1. The Morgan fingerprint density at radius 1 is 1.19 bits per heavy atom. The van der Waals surface area contributed by atoms with Crippen LogP contribution in [-0.4, -0.2) is 25.2 Å². The Labute approximate surface area is 91.6 Å². The van der Waals surface area contributed by atoms with E-state index in [1.54, 1.807) is 31.1 Å². The number of halogens is 2. The van der Waals surface area contributed by atoms with Gasteiger partial charge in [0.25, 0.3) is 0 Å². The first-order valence-corrected chi connectivity index (χ1v) is 4.50. The van der Waals surface area contributed by atoms with Gasteiger partial charge in [-0.3, -0.25) is 0 Å².